The molecule has 0 aliphatic heterocycles. The van der Waals surface area contributed by atoms with Crippen molar-refractivity contribution in [2.45, 2.75) is 50.4 Å². The monoisotopic (exact) mass is 418 g/mol. The van der Waals surface area contributed by atoms with Gasteiger partial charge in [0.15, 0.2) is 5.60 Å². The van der Waals surface area contributed by atoms with Crippen molar-refractivity contribution in [3.8, 4) is 0 Å². The third kappa shape index (κ3) is 4.87. The molecule has 0 bridgehead atoms. The van der Waals surface area contributed by atoms with Crippen LogP contribution in [0.15, 0.2) is 54.6 Å². The second-order valence-electron chi connectivity index (χ2n) is 9.09. The molecule has 1 atom stereocenters. The molecule has 0 aliphatic rings. The van der Waals surface area contributed by atoms with Crippen molar-refractivity contribution < 1.29 is 18.3 Å². The Balaban J connectivity index is 1.91. The summed E-state index contributed by atoms with van der Waals surface area (Å²) in [5.41, 5.74) is -0.799. The highest BCUT2D eigenvalue weighted by molar-refractivity contribution is 5.80. The molecule has 3 nitrogen and oxygen atoms in total. The van der Waals surface area contributed by atoms with Gasteiger partial charge in [0.25, 0.3) is 0 Å². The number of nitrogens with one attached hydrogen (secondary N) is 1. The number of H-pyrrole nitrogens is 1. The number of halogens is 3. The van der Waals surface area contributed by atoms with E-state index in [-0.39, 0.29) is 0 Å². The number of aromatic nitrogens is 1. The lowest BCUT2D eigenvalue weighted by molar-refractivity contribution is -0.266. The summed E-state index contributed by atoms with van der Waals surface area (Å²) in [4.78, 5) is 5.02. The van der Waals surface area contributed by atoms with E-state index in [1.807, 2.05) is 67.5 Å². The molecule has 0 spiro atoms. The van der Waals surface area contributed by atoms with E-state index in [1.54, 1.807) is 19.9 Å². The quantitative estimate of drug-likeness (QED) is 0.537. The van der Waals surface area contributed by atoms with Crippen LogP contribution >= 0.6 is 0 Å². The SMILES string of the molecule is CN(C)Cc1cccc(C(C)(C)CC(O)(Cc2cc3ccccc3[nH]2)C(F)(F)F)c1. The number of aromatic amines is 1. The summed E-state index contributed by atoms with van der Waals surface area (Å²) in [6.45, 7) is 4.20. The number of fused-ring (bicyclic) bond motifs is 1. The number of hydrogen-bond acceptors (Lipinski definition) is 2. The normalized spacial score (nSPS) is 15.0. The van der Waals surface area contributed by atoms with Gasteiger partial charge in [-0.15, -0.1) is 0 Å². The van der Waals surface area contributed by atoms with Gasteiger partial charge in [-0.2, -0.15) is 13.2 Å². The molecular formula is C24H29F3N2O. The van der Waals surface area contributed by atoms with E-state index in [1.165, 1.54) is 0 Å². The van der Waals surface area contributed by atoms with Crippen LogP contribution < -0.4 is 0 Å². The maximum Gasteiger partial charge on any atom is 0.417 e. The predicted molar refractivity (Wildman–Crippen MR) is 114 cm³/mol. The zero-order valence-corrected chi connectivity index (χ0v) is 17.8. The summed E-state index contributed by atoms with van der Waals surface area (Å²) in [5.74, 6) is 0. The van der Waals surface area contributed by atoms with Gasteiger partial charge in [0.2, 0.25) is 0 Å². The van der Waals surface area contributed by atoms with Gasteiger partial charge < -0.3 is 15.0 Å². The molecule has 30 heavy (non-hydrogen) atoms. The maximum atomic E-state index is 14.1. The Morgan fingerprint density at radius 1 is 0.967 bits per heavy atom. The van der Waals surface area contributed by atoms with Gasteiger partial charge in [-0.1, -0.05) is 56.3 Å². The van der Waals surface area contributed by atoms with Crippen LogP contribution in [0.1, 0.15) is 37.1 Å². The molecule has 2 N–H and O–H groups in total. The number of hydrogen-bond donors (Lipinski definition) is 2. The van der Waals surface area contributed by atoms with Gasteiger partial charge in [-0.3, -0.25) is 0 Å². The second kappa shape index (κ2) is 8.08. The van der Waals surface area contributed by atoms with Crippen LogP contribution in [-0.4, -0.2) is 40.9 Å². The lowest BCUT2D eigenvalue weighted by Crippen LogP contribution is -2.50. The molecule has 1 heterocycles. The minimum absolute atomic E-state index is 0.369. The second-order valence-corrected chi connectivity index (χ2v) is 9.09. The van der Waals surface area contributed by atoms with Crippen molar-refractivity contribution in [1.29, 1.82) is 0 Å². The average Bonchev–Trinajstić information content (AvgIpc) is 3.01. The van der Waals surface area contributed by atoms with Gasteiger partial charge in [0.05, 0.1) is 0 Å². The van der Waals surface area contributed by atoms with Crippen molar-refractivity contribution in [1.82, 2.24) is 9.88 Å². The first-order chi connectivity index (χ1) is 13.9. The van der Waals surface area contributed by atoms with Crippen molar-refractivity contribution in [3.05, 3.63) is 71.4 Å². The van der Waals surface area contributed by atoms with Crippen LogP contribution in [0.25, 0.3) is 10.9 Å². The lowest BCUT2D eigenvalue weighted by atomic mass is 9.73. The third-order valence-corrected chi connectivity index (χ3v) is 5.54. The Morgan fingerprint density at radius 3 is 2.30 bits per heavy atom. The van der Waals surface area contributed by atoms with E-state index in [9.17, 15) is 18.3 Å². The first-order valence-electron chi connectivity index (χ1n) is 10.00. The van der Waals surface area contributed by atoms with Crippen LogP contribution in [0.4, 0.5) is 13.2 Å². The molecule has 0 aliphatic carbocycles. The molecule has 2 aromatic carbocycles. The first kappa shape index (κ1) is 22.4. The van der Waals surface area contributed by atoms with Crippen LogP contribution in [0.5, 0.6) is 0 Å². The molecule has 162 valence electrons. The summed E-state index contributed by atoms with van der Waals surface area (Å²) in [5, 5.41) is 11.7. The Labute approximate surface area is 175 Å². The summed E-state index contributed by atoms with van der Waals surface area (Å²) in [6, 6.07) is 16.6. The van der Waals surface area contributed by atoms with Gasteiger partial charge in [-0.05, 0) is 54.6 Å². The van der Waals surface area contributed by atoms with Crippen LogP contribution in [-0.2, 0) is 18.4 Å². The lowest BCUT2D eigenvalue weighted by Gasteiger charge is -2.38. The number of aliphatic hydroxyl groups is 1. The van der Waals surface area contributed by atoms with Crippen LogP contribution in [0.3, 0.4) is 0 Å². The fourth-order valence-corrected chi connectivity index (χ4v) is 4.10. The maximum absolute atomic E-state index is 14.1. The zero-order valence-electron chi connectivity index (χ0n) is 17.8. The molecule has 0 saturated heterocycles. The predicted octanol–water partition coefficient (Wildman–Crippen LogP) is 5.43. The van der Waals surface area contributed by atoms with E-state index in [0.717, 1.165) is 22.0 Å². The molecule has 0 amide bonds. The standard InChI is InChI=1S/C24H29F3N2O/c1-22(2,19-10-7-8-17(12-19)15-29(3)4)16-23(30,24(25,26)27)14-20-13-18-9-5-6-11-21(18)28-20/h5-13,28,30H,14-16H2,1-4H3. The molecule has 3 aromatic rings. The summed E-state index contributed by atoms with van der Waals surface area (Å²) < 4.78 is 42.2. The zero-order chi connectivity index (χ0) is 22.2. The smallest absolute Gasteiger partial charge is 0.380 e. The van der Waals surface area contributed by atoms with E-state index in [0.29, 0.717) is 12.2 Å². The third-order valence-electron chi connectivity index (χ3n) is 5.54. The highest BCUT2D eigenvalue weighted by atomic mass is 19.4. The number of rotatable bonds is 7. The number of para-hydroxylation sites is 1. The van der Waals surface area contributed by atoms with Gasteiger partial charge in [0, 0.05) is 24.2 Å². The summed E-state index contributed by atoms with van der Waals surface area (Å²) in [7, 11) is 3.89. The molecule has 0 fully saturated rings. The highest BCUT2D eigenvalue weighted by Gasteiger charge is 2.56. The summed E-state index contributed by atoms with van der Waals surface area (Å²) >= 11 is 0. The number of nitrogens with zero attached hydrogens (tertiary/aromatic N) is 1. The Morgan fingerprint density at radius 2 is 1.67 bits per heavy atom. The molecular weight excluding hydrogens is 389 g/mol. The van der Waals surface area contributed by atoms with Crippen LogP contribution in [0.2, 0.25) is 0 Å². The molecule has 1 unspecified atom stereocenters. The number of alkyl halides is 3. The Bertz CT molecular complexity index is 974. The fourth-order valence-electron chi connectivity index (χ4n) is 4.10. The Kier molecular flexibility index (Phi) is 6.03. The van der Waals surface area contributed by atoms with Gasteiger partial charge in [0.1, 0.15) is 0 Å². The molecule has 3 rings (SSSR count). The number of benzene rings is 2. The van der Waals surface area contributed by atoms with Gasteiger partial charge >= 0.3 is 6.18 Å². The first-order valence-corrected chi connectivity index (χ1v) is 10.00. The topological polar surface area (TPSA) is 39.3 Å². The van der Waals surface area contributed by atoms with Gasteiger partial charge in [-0.25, -0.2) is 0 Å². The highest BCUT2D eigenvalue weighted by Crippen LogP contribution is 2.43. The molecule has 0 radical (unpaired) electrons. The van der Waals surface area contributed by atoms with Crippen molar-refractivity contribution in [2.75, 3.05) is 14.1 Å². The minimum Gasteiger partial charge on any atom is -0.380 e. The molecule has 0 saturated carbocycles. The van der Waals surface area contributed by atoms with E-state index >= 15 is 0 Å². The minimum atomic E-state index is -4.76. The van der Waals surface area contributed by atoms with E-state index in [4.69, 9.17) is 0 Å². The fraction of sp³-hybridized carbons (Fsp3) is 0.417. The van der Waals surface area contributed by atoms with E-state index < -0.39 is 30.0 Å². The Hall–Kier alpha value is -2.31. The summed E-state index contributed by atoms with van der Waals surface area (Å²) in [6.07, 6.45) is -5.72. The average molecular weight is 419 g/mol. The van der Waals surface area contributed by atoms with Crippen molar-refractivity contribution >= 4 is 10.9 Å². The largest absolute Gasteiger partial charge is 0.417 e. The van der Waals surface area contributed by atoms with Crippen molar-refractivity contribution in [2.24, 2.45) is 0 Å². The van der Waals surface area contributed by atoms with E-state index in [2.05, 4.69) is 4.98 Å². The molecule has 1 aromatic heterocycles. The van der Waals surface area contributed by atoms with Crippen LogP contribution in [0, 0.1) is 0 Å². The van der Waals surface area contributed by atoms with Crippen molar-refractivity contribution in [3.63, 3.8) is 0 Å². The molecule has 6 heteroatoms.